The predicted molar refractivity (Wildman–Crippen MR) is 58.4 cm³/mol. The lowest BCUT2D eigenvalue weighted by atomic mass is 10.0. The third kappa shape index (κ3) is 1.78. The molecule has 3 atom stereocenters. The van der Waals surface area contributed by atoms with Crippen molar-refractivity contribution in [1.82, 2.24) is 10.2 Å². The molecule has 0 spiro atoms. The van der Waals surface area contributed by atoms with Gasteiger partial charge in [0.05, 0.1) is 0 Å². The summed E-state index contributed by atoms with van der Waals surface area (Å²) >= 11 is 0. The molecule has 3 fully saturated rings. The number of hydrogen-bond donors (Lipinski definition) is 1. The highest BCUT2D eigenvalue weighted by Crippen LogP contribution is 2.37. The highest BCUT2D eigenvalue weighted by Gasteiger charge is 2.40. The van der Waals surface area contributed by atoms with Crippen LogP contribution in [-0.4, -0.2) is 36.5 Å². The Hall–Kier alpha value is -0.570. The van der Waals surface area contributed by atoms with Gasteiger partial charge in [-0.05, 0) is 50.6 Å². The molecule has 3 rings (SSSR count). The molecule has 0 aromatic carbocycles. The molecule has 3 unspecified atom stereocenters. The molecule has 1 amide bonds. The number of likely N-dealkylation sites (tertiary alicyclic amines) is 1. The lowest BCUT2D eigenvalue weighted by Gasteiger charge is -2.28. The number of amides is 1. The summed E-state index contributed by atoms with van der Waals surface area (Å²) in [6, 6.07) is 0.608. The van der Waals surface area contributed by atoms with Crippen LogP contribution >= 0.6 is 0 Å². The Balaban J connectivity index is 1.56. The van der Waals surface area contributed by atoms with Crippen molar-refractivity contribution in [2.45, 2.75) is 38.1 Å². The Morgan fingerprint density at radius 1 is 1.33 bits per heavy atom. The van der Waals surface area contributed by atoms with Gasteiger partial charge in [-0.1, -0.05) is 0 Å². The molecule has 84 valence electrons. The van der Waals surface area contributed by atoms with E-state index in [4.69, 9.17) is 0 Å². The van der Waals surface area contributed by atoms with Crippen molar-refractivity contribution < 1.29 is 4.79 Å². The SMILES string of the molecule is O=C(CC1CCNC1)N1CC2CCC1C2. The van der Waals surface area contributed by atoms with Crippen LogP contribution in [-0.2, 0) is 4.79 Å². The van der Waals surface area contributed by atoms with Crippen LogP contribution in [0.25, 0.3) is 0 Å². The smallest absolute Gasteiger partial charge is 0.223 e. The number of rotatable bonds is 2. The number of fused-ring (bicyclic) bond motifs is 2. The maximum absolute atomic E-state index is 12.1. The zero-order valence-corrected chi connectivity index (χ0v) is 9.24. The molecule has 0 aromatic heterocycles. The molecular weight excluding hydrogens is 188 g/mol. The maximum atomic E-state index is 12.1. The number of nitrogens with zero attached hydrogens (tertiary/aromatic N) is 1. The first-order valence-electron chi connectivity index (χ1n) is 6.33. The van der Waals surface area contributed by atoms with E-state index in [-0.39, 0.29) is 0 Å². The summed E-state index contributed by atoms with van der Waals surface area (Å²) in [6.07, 6.45) is 5.89. The first-order chi connectivity index (χ1) is 7.33. The van der Waals surface area contributed by atoms with Gasteiger partial charge >= 0.3 is 0 Å². The van der Waals surface area contributed by atoms with Crippen molar-refractivity contribution >= 4 is 5.91 Å². The Morgan fingerprint density at radius 2 is 2.27 bits per heavy atom. The number of carbonyl (C=O) groups excluding carboxylic acids is 1. The molecule has 3 aliphatic rings. The molecule has 2 heterocycles. The van der Waals surface area contributed by atoms with E-state index < -0.39 is 0 Å². The number of carbonyl (C=O) groups is 1. The van der Waals surface area contributed by atoms with E-state index in [9.17, 15) is 4.79 Å². The van der Waals surface area contributed by atoms with Crippen molar-refractivity contribution in [3.05, 3.63) is 0 Å². The van der Waals surface area contributed by atoms with E-state index in [0.29, 0.717) is 17.9 Å². The summed E-state index contributed by atoms with van der Waals surface area (Å²) in [4.78, 5) is 14.3. The Morgan fingerprint density at radius 3 is 2.87 bits per heavy atom. The van der Waals surface area contributed by atoms with Crippen LogP contribution in [0, 0.1) is 11.8 Å². The molecule has 1 saturated carbocycles. The van der Waals surface area contributed by atoms with Gasteiger partial charge in [0.1, 0.15) is 0 Å². The van der Waals surface area contributed by atoms with Gasteiger partial charge < -0.3 is 10.2 Å². The highest BCUT2D eigenvalue weighted by atomic mass is 16.2. The monoisotopic (exact) mass is 208 g/mol. The average Bonchev–Trinajstić information content (AvgIpc) is 2.93. The molecule has 2 saturated heterocycles. The first kappa shape index (κ1) is 9.64. The first-order valence-corrected chi connectivity index (χ1v) is 6.33. The summed E-state index contributed by atoms with van der Waals surface area (Å²) < 4.78 is 0. The van der Waals surface area contributed by atoms with Gasteiger partial charge in [-0.2, -0.15) is 0 Å². The van der Waals surface area contributed by atoms with Crippen LogP contribution in [0.1, 0.15) is 32.1 Å². The molecule has 1 N–H and O–H groups in total. The second-order valence-corrected chi connectivity index (χ2v) is 5.44. The molecule has 0 radical (unpaired) electrons. The molecule has 2 aliphatic heterocycles. The number of piperidine rings is 1. The summed E-state index contributed by atoms with van der Waals surface area (Å²) in [5, 5.41) is 3.33. The van der Waals surface area contributed by atoms with Crippen LogP contribution in [0.2, 0.25) is 0 Å². The second kappa shape index (κ2) is 3.78. The molecule has 15 heavy (non-hydrogen) atoms. The third-order valence-electron chi connectivity index (χ3n) is 4.36. The zero-order valence-electron chi connectivity index (χ0n) is 9.24. The van der Waals surface area contributed by atoms with Gasteiger partial charge in [-0.15, -0.1) is 0 Å². The molecule has 3 nitrogen and oxygen atoms in total. The normalized spacial score (nSPS) is 38.9. The van der Waals surface area contributed by atoms with Gasteiger partial charge in [0.15, 0.2) is 0 Å². The van der Waals surface area contributed by atoms with Crippen LogP contribution in [0.3, 0.4) is 0 Å². The summed E-state index contributed by atoms with van der Waals surface area (Å²) in [5.74, 6) is 1.87. The standard InChI is InChI=1S/C12H20N2O/c15-12(6-9-3-4-13-7-9)14-8-10-1-2-11(14)5-10/h9-11,13H,1-8H2. The molecule has 2 bridgehead atoms. The van der Waals surface area contributed by atoms with Crippen molar-refractivity contribution in [1.29, 1.82) is 0 Å². The number of nitrogens with one attached hydrogen (secondary N) is 1. The quantitative estimate of drug-likeness (QED) is 0.734. The van der Waals surface area contributed by atoms with Crippen molar-refractivity contribution in [3.63, 3.8) is 0 Å². The Labute approximate surface area is 91.2 Å². The average molecular weight is 208 g/mol. The molecular formula is C12H20N2O. The minimum atomic E-state index is 0.427. The minimum Gasteiger partial charge on any atom is -0.339 e. The highest BCUT2D eigenvalue weighted by molar-refractivity contribution is 5.77. The van der Waals surface area contributed by atoms with E-state index in [2.05, 4.69) is 10.2 Å². The van der Waals surface area contributed by atoms with Crippen molar-refractivity contribution in [3.8, 4) is 0 Å². The van der Waals surface area contributed by atoms with Gasteiger partial charge in [-0.3, -0.25) is 4.79 Å². The fourth-order valence-electron chi connectivity index (χ4n) is 3.48. The van der Waals surface area contributed by atoms with Crippen LogP contribution in [0.4, 0.5) is 0 Å². The summed E-state index contributed by atoms with van der Waals surface area (Å²) in [5.41, 5.74) is 0. The zero-order chi connectivity index (χ0) is 10.3. The van der Waals surface area contributed by atoms with Gasteiger partial charge in [-0.25, -0.2) is 0 Å². The van der Waals surface area contributed by atoms with Gasteiger partial charge in [0.2, 0.25) is 5.91 Å². The van der Waals surface area contributed by atoms with Crippen LogP contribution < -0.4 is 5.32 Å². The van der Waals surface area contributed by atoms with E-state index in [1.165, 1.54) is 25.7 Å². The lowest BCUT2D eigenvalue weighted by Crippen LogP contribution is -2.38. The van der Waals surface area contributed by atoms with Gasteiger partial charge in [0.25, 0.3) is 0 Å². The van der Waals surface area contributed by atoms with Gasteiger partial charge in [0, 0.05) is 19.0 Å². The fourth-order valence-corrected chi connectivity index (χ4v) is 3.48. The second-order valence-electron chi connectivity index (χ2n) is 5.44. The lowest BCUT2D eigenvalue weighted by molar-refractivity contribution is -0.133. The van der Waals surface area contributed by atoms with E-state index in [1.807, 2.05) is 0 Å². The topological polar surface area (TPSA) is 32.3 Å². The Bertz CT molecular complexity index is 260. The predicted octanol–water partition coefficient (Wildman–Crippen LogP) is 0.997. The molecule has 1 aliphatic carbocycles. The van der Waals surface area contributed by atoms with Crippen molar-refractivity contribution in [2.24, 2.45) is 11.8 Å². The van der Waals surface area contributed by atoms with Crippen LogP contribution in [0.5, 0.6) is 0 Å². The van der Waals surface area contributed by atoms with E-state index in [0.717, 1.165) is 32.0 Å². The minimum absolute atomic E-state index is 0.427. The van der Waals surface area contributed by atoms with Crippen LogP contribution in [0.15, 0.2) is 0 Å². The fraction of sp³-hybridized carbons (Fsp3) is 0.917. The van der Waals surface area contributed by atoms with E-state index >= 15 is 0 Å². The third-order valence-corrected chi connectivity index (χ3v) is 4.36. The largest absolute Gasteiger partial charge is 0.339 e. The Kier molecular flexibility index (Phi) is 2.43. The molecule has 0 aromatic rings. The summed E-state index contributed by atoms with van der Waals surface area (Å²) in [6.45, 7) is 3.21. The number of hydrogen-bond acceptors (Lipinski definition) is 2. The summed E-state index contributed by atoms with van der Waals surface area (Å²) in [7, 11) is 0. The molecule has 3 heteroatoms. The van der Waals surface area contributed by atoms with Crippen molar-refractivity contribution in [2.75, 3.05) is 19.6 Å². The maximum Gasteiger partial charge on any atom is 0.223 e. The van der Waals surface area contributed by atoms with E-state index in [1.54, 1.807) is 0 Å².